The number of imide groups is 1. The summed E-state index contributed by atoms with van der Waals surface area (Å²) >= 11 is 0. The maximum atomic E-state index is 12.7. The zero-order chi connectivity index (χ0) is 19.5. The molecule has 8 nitrogen and oxygen atoms in total. The van der Waals surface area contributed by atoms with Crippen LogP contribution in [0.2, 0.25) is 0 Å². The number of nitrogens with one attached hydrogen (secondary N) is 3. The van der Waals surface area contributed by atoms with Crippen molar-refractivity contribution in [3.05, 3.63) is 34.9 Å². The molecular weight excluding hydrogens is 360 g/mol. The van der Waals surface area contributed by atoms with Gasteiger partial charge in [-0.15, -0.1) is 0 Å². The third kappa shape index (κ3) is 4.09. The van der Waals surface area contributed by atoms with Crippen molar-refractivity contribution in [1.82, 2.24) is 20.9 Å². The highest BCUT2D eigenvalue weighted by Gasteiger charge is 2.39. The summed E-state index contributed by atoms with van der Waals surface area (Å²) in [7, 11) is 0. The van der Waals surface area contributed by atoms with Gasteiger partial charge in [-0.2, -0.15) is 0 Å². The van der Waals surface area contributed by atoms with Crippen molar-refractivity contribution in [2.24, 2.45) is 0 Å². The van der Waals surface area contributed by atoms with Crippen LogP contribution in [-0.4, -0.2) is 61.0 Å². The second-order valence-corrected chi connectivity index (χ2v) is 7.57. The fourth-order valence-corrected chi connectivity index (χ4v) is 4.02. The molecule has 3 N–H and O–H groups in total. The molecule has 2 unspecified atom stereocenters. The number of hydrogen-bond acceptors (Lipinski definition) is 6. The minimum absolute atomic E-state index is 0.137. The third-order valence-corrected chi connectivity index (χ3v) is 5.51. The maximum Gasteiger partial charge on any atom is 0.255 e. The van der Waals surface area contributed by atoms with E-state index in [4.69, 9.17) is 4.74 Å². The smallest absolute Gasteiger partial charge is 0.255 e. The number of carbonyl (C=O) groups excluding carboxylic acids is 3. The van der Waals surface area contributed by atoms with Gasteiger partial charge in [0.25, 0.3) is 5.91 Å². The molecule has 150 valence electrons. The fourth-order valence-electron chi connectivity index (χ4n) is 4.02. The van der Waals surface area contributed by atoms with E-state index in [-0.39, 0.29) is 30.2 Å². The SMILES string of the molecule is O=C1CCC(N2Cc3cc(CNCC4CNCCCO4)ccc3C2=O)C(=O)N1. The van der Waals surface area contributed by atoms with Crippen molar-refractivity contribution in [3.63, 3.8) is 0 Å². The number of benzene rings is 1. The first-order valence-corrected chi connectivity index (χ1v) is 9.91. The quantitative estimate of drug-likeness (QED) is 0.612. The van der Waals surface area contributed by atoms with Gasteiger partial charge in [-0.25, -0.2) is 0 Å². The van der Waals surface area contributed by atoms with Gasteiger partial charge in [-0.1, -0.05) is 12.1 Å². The highest BCUT2D eigenvalue weighted by molar-refractivity contribution is 6.05. The van der Waals surface area contributed by atoms with Crippen LogP contribution in [0.4, 0.5) is 0 Å². The lowest BCUT2D eigenvalue weighted by Crippen LogP contribution is -2.52. The largest absolute Gasteiger partial charge is 0.376 e. The van der Waals surface area contributed by atoms with Crippen molar-refractivity contribution in [3.8, 4) is 0 Å². The molecular formula is C20H26N4O4. The van der Waals surface area contributed by atoms with Gasteiger partial charge in [-0.05, 0) is 36.6 Å². The molecule has 2 fully saturated rings. The topological polar surface area (TPSA) is 99.8 Å². The number of carbonyl (C=O) groups is 3. The molecule has 2 saturated heterocycles. The first kappa shape index (κ1) is 19.0. The lowest BCUT2D eigenvalue weighted by atomic mass is 10.0. The van der Waals surface area contributed by atoms with Gasteiger partial charge >= 0.3 is 0 Å². The van der Waals surface area contributed by atoms with Gasteiger partial charge < -0.3 is 20.3 Å². The van der Waals surface area contributed by atoms with E-state index in [9.17, 15) is 14.4 Å². The Balaban J connectivity index is 1.35. The predicted molar refractivity (Wildman–Crippen MR) is 101 cm³/mol. The number of piperidine rings is 1. The van der Waals surface area contributed by atoms with Crippen LogP contribution >= 0.6 is 0 Å². The van der Waals surface area contributed by atoms with Gasteiger partial charge in [0, 0.05) is 44.8 Å². The molecule has 3 heterocycles. The molecule has 3 aliphatic heterocycles. The van der Waals surface area contributed by atoms with Crippen LogP contribution in [0.1, 0.15) is 40.7 Å². The number of amides is 3. The van der Waals surface area contributed by atoms with Crippen LogP contribution < -0.4 is 16.0 Å². The minimum Gasteiger partial charge on any atom is -0.376 e. The Morgan fingerprint density at radius 1 is 1.25 bits per heavy atom. The van der Waals surface area contributed by atoms with Gasteiger partial charge in [0.1, 0.15) is 6.04 Å². The van der Waals surface area contributed by atoms with Crippen molar-refractivity contribution >= 4 is 17.7 Å². The molecule has 4 rings (SSSR count). The molecule has 1 aromatic carbocycles. The average Bonchev–Trinajstić information content (AvgIpc) is 2.84. The van der Waals surface area contributed by atoms with Crippen LogP contribution in [0.15, 0.2) is 18.2 Å². The predicted octanol–water partition coefficient (Wildman–Crippen LogP) is -0.0843. The first-order valence-electron chi connectivity index (χ1n) is 9.91. The molecule has 0 radical (unpaired) electrons. The summed E-state index contributed by atoms with van der Waals surface area (Å²) in [5.41, 5.74) is 2.67. The van der Waals surface area contributed by atoms with Crippen LogP contribution in [0.25, 0.3) is 0 Å². The van der Waals surface area contributed by atoms with Crippen molar-refractivity contribution in [2.75, 3.05) is 26.2 Å². The summed E-state index contributed by atoms with van der Waals surface area (Å²) in [5, 5.41) is 9.12. The fraction of sp³-hybridized carbons (Fsp3) is 0.550. The maximum absolute atomic E-state index is 12.7. The monoisotopic (exact) mass is 386 g/mol. The van der Waals surface area contributed by atoms with Gasteiger partial charge in [0.15, 0.2) is 0 Å². The number of hydrogen-bond donors (Lipinski definition) is 3. The molecule has 1 aromatic rings. The summed E-state index contributed by atoms with van der Waals surface area (Å²) in [4.78, 5) is 37.8. The molecule has 0 saturated carbocycles. The Kier molecular flexibility index (Phi) is 5.70. The Morgan fingerprint density at radius 2 is 2.14 bits per heavy atom. The molecule has 0 spiro atoms. The summed E-state index contributed by atoms with van der Waals surface area (Å²) in [6, 6.07) is 5.24. The lowest BCUT2D eigenvalue weighted by molar-refractivity contribution is -0.136. The molecule has 28 heavy (non-hydrogen) atoms. The van der Waals surface area contributed by atoms with Gasteiger partial charge in [0.2, 0.25) is 11.8 Å². The highest BCUT2D eigenvalue weighted by Crippen LogP contribution is 2.28. The highest BCUT2D eigenvalue weighted by atomic mass is 16.5. The number of nitrogens with zero attached hydrogens (tertiary/aromatic N) is 1. The summed E-state index contributed by atoms with van der Waals surface area (Å²) < 4.78 is 5.79. The minimum atomic E-state index is -0.570. The zero-order valence-electron chi connectivity index (χ0n) is 15.8. The van der Waals surface area contributed by atoms with Crippen molar-refractivity contribution in [1.29, 1.82) is 0 Å². The van der Waals surface area contributed by atoms with Crippen LogP contribution in [-0.2, 0) is 27.4 Å². The summed E-state index contributed by atoms with van der Waals surface area (Å²) in [6.07, 6.45) is 1.86. The van der Waals surface area contributed by atoms with Crippen LogP contribution in [0, 0.1) is 0 Å². The molecule has 0 aliphatic carbocycles. The van der Waals surface area contributed by atoms with E-state index in [0.29, 0.717) is 25.1 Å². The molecule has 3 aliphatic rings. The van der Waals surface area contributed by atoms with E-state index >= 15 is 0 Å². The molecule has 2 atom stereocenters. The van der Waals surface area contributed by atoms with Crippen LogP contribution in [0.5, 0.6) is 0 Å². The van der Waals surface area contributed by atoms with E-state index in [1.54, 1.807) is 4.90 Å². The first-order chi connectivity index (χ1) is 13.6. The van der Waals surface area contributed by atoms with E-state index in [1.807, 2.05) is 18.2 Å². The molecule has 0 bridgehead atoms. The molecule has 8 heteroatoms. The Bertz CT molecular complexity index is 773. The standard InChI is InChI=1S/C20H26N4O4/c25-18-5-4-17(19(26)23-18)24-12-14-8-13(2-3-16(14)20(24)27)9-22-11-15-10-21-6-1-7-28-15/h2-3,8,15,17,21-22H,1,4-7,9-12H2,(H,23,25,26). The van der Waals surface area contributed by atoms with Gasteiger partial charge in [0.05, 0.1) is 6.10 Å². The second kappa shape index (κ2) is 8.38. The van der Waals surface area contributed by atoms with E-state index < -0.39 is 6.04 Å². The van der Waals surface area contributed by atoms with Crippen LogP contribution in [0.3, 0.4) is 0 Å². The second-order valence-electron chi connectivity index (χ2n) is 7.57. The lowest BCUT2D eigenvalue weighted by Gasteiger charge is -2.29. The normalized spacial score (nSPS) is 25.4. The Hall–Kier alpha value is -2.29. The van der Waals surface area contributed by atoms with E-state index in [1.165, 1.54) is 0 Å². The van der Waals surface area contributed by atoms with E-state index in [0.717, 1.165) is 43.8 Å². The third-order valence-electron chi connectivity index (χ3n) is 5.51. The average molecular weight is 386 g/mol. The summed E-state index contributed by atoms with van der Waals surface area (Å²) in [6.45, 7) is 4.51. The zero-order valence-corrected chi connectivity index (χ0v) is 15.8. The number of ether oxygens (including phenoxy) is 1. The summed E-state index contributed by atoms with van der Waals surface area (Å²) in [5.74, 6) is -0.787. The van der Waals surface area contributed by atoms with E-state index in [2.05, 4.69) is 16.0 Å². The number of fused-ring (bicyclic) bond motifs is 1. The van der Waals surface area contributed by atoms with Gasteiger partial charge in [-0.3, -0.25) is 19.7 Å². The Morgan fingerprint density at radius 3 is 3.00 bits per heavy atom. The number of rotatable bonds is 5. The van der Waals surface area contributed by atoms with Crippen molar-refractivity contribution < 1.29 is 19.1 Å². The Labute approximate surface area is 164 Å². The van der Waals surface area contributed by atoms with Crippen molar-refractivity contribution in [2.45, 2.75) is 44.5 Å². The molecule has 3 amide bonds. The molecule has 0 aromatic heterocycles.